The number of hydrogen-bond donors (Lipinski definition) is 1. The quantitative estimate of drug-likeness (QED) is 0.834. The average Bonchev–Trinajstić information content (AvgIpc) is 2.86. The smallest absolute Gasteiger partial charge is 0.341 e. The molecule has 2 rings (SSSR count). The number of nitrogens with zero attached hydrogens (tertiary/aromatic N) is 1. The van der Waals surface area contributed by atoms with E-state index in [9.17, 15) is 9.59 Å². The number of esters is 1. The van der Waals surface area contributed by atoms with E-state index in [2.05, 4.69) is 10.1 Å². The van der Waals surface area contributed by atoms with Crippen molar-refractivity contribution >= 4 is 12.0 Å². The molecule has 1 aromatic rings. The van der Waals surface area contributed by atoms with Gasteiger partial charge in [0.05, 0.1) is 26.9 Å². The Morgan fingerprint density at radius 1 is 1.40 bits per heavy atom. The van der Waals surface area contributed by atoms with Crippen molar-refractivity contribution in [3.05, 3.63) is 23.2 Å². The number of furan rings is 1. The zero-order valence-corrected chi connectivity index (χ0v) is 11.6. The highest BCUT2D eigenvalue weighted by Gasteiger charge is 2.18. The van der Waals surface area contributed by atoms with Crippen LogP contribution < -0.4 is 5.32 Å². The van der Waals surface area contributed by atoms with Crippen LogP contribution in [-0.2, 0) is 16.0 Å². The van der Waals surface area contributed by atoms with Gasteiger partial charge in [-0.2, -0.15) is 0 Å². The Balaban J connectivity index is 1.90. The fraction of sp³-hybridized carbons (Fsp3) is 0.538. The predicted octanol–water partition coefficient (Wildman–Crippen LogP) is 0.916. The lowest BCUT2D eigenvalue weighted by molar-refractivity contribution is 0.0530. The number of ether oxygens (including phenoxy) is 2. The number of morpholine rings is 1. The second kappa shape index (κ2) is 6.42. The van der Waals surface area contributed by atoms with Crippen molar-refractivity contribution in [1.82, 2.24) is 10.2 Å². The van der Waals surface area contributed by atoms with Gasteiger partial charge < -0.3 is 24.1 Å². The molecule has 1 saturated heterocycles. The molecule has 0 bridgehead atoms. The fourth-order valence-corrected chi connectivity index (χ4v) is 1.98. The van der Waals surface area contributed by atoms with Gasteiger partial charge in [-0.05, 0) is 13.0 Å². The number of aryl methyl sites for hydroxylation is 1. The molecule has 0 unspecified atom stereocenters. The average molecular weight is 282 g/mol. The summed E-state index contributed by atoms with van der Waals surface area (Å²) in [5, 5.41) is 2.75. The highest BCUT2D eigenvalue weighted by Crippen LogP contribution is 2.15. The van der Waals surface area contributed by atoms with E-state index < -0.39 is 5.97 Å². The van der Waals surface area contributed by atoms with E-state index in [1.807, 2.05) is 0 Å². The Kier molecular flexibility index (Phi) is 4.62. The molecule has 1 aliphatic rings. The van der Waals surface area contributed by atoms with Crippen LogP contribution in [0.25, 0.3) is 0 Å². The number of urea groups is 1. The summed E-state index contributed by atoms with van der Waals surface area (Å²) in [6.45, 7) is 4.18. The molecule has 1 aromatic heterocycles. The maximum Gasteiger partial charge on any atom is 0.341 e. The molecule has 0 aromatic carbocycles. The van der Waals surface area contributed by atoms with Crippen molar-refractivity contribution < 1.29 is 23.5 Å². The fourth-order valence-electron chi connectivity index (χ4n) is 1.98. The van der Waals surface area contributed by atoms with Gasteiger partial charge in [-0.15, -0.1) is 0 Å². The zero-order chi connectivity index (χ0) is 14.5. The van der Waals surface area contributed by atoms with Crippen molar-refractivity contribution in [3.8, 4) is 0 Å². The van der Waals surface area contributed by atoms with Crippen LogP contribution in [0.5, 0.6) is 0 Å². The molecule has 7 heteroatoms. The monoisotopic (exact) mass is 282 g/mol. The lowest BCUT2D eigenvalue weighted by atomic mass is 10.2. The standard InChI is InChI=1S/C13H18N2O5/c1-9-11(12(16)18-2)7-10(20-9)8-14-13(17)15-3-5-19-6-4-15/h7H,3-6,8H2,1-2H3,(H,14,17). The van der Waals surface area contributed by atoms with Gasteiger partial charge in [0.1, 0.15) is 17.1 Å². The SMILES string of the molecule is COC(=O)c1cc(CNC(=O)N2CCOCC2)oc1C. The minimum absolute atomic E-state index is 0.165. The van der Waals surface area contributed by atoms with Crippen molar-refractivity contribution in [2.45, 2.75) is 13.5 Å². The molecule has 7 nitrogen and oxygen atoms in total. The number of amides is 2. The summed E-state index contributed by atoms with van der Waals surface area (Å²) in [5.74, 6) is 0.550. The van der Waals surface area contributed by atoms with E-state index >= 15 is 0 Å². The summed E-state index contributed by atoms with van der Waals surface area (Å²) in [6.07, 6.45) is 0. The van der Waals surface area contributed by atoms with Crippen LogP contribution in [0.15, 0.2) is 10.5 Å². The normalized spacial score (nSPS) is 15.0. The van der Waals surface area contributed by atoms with Gasteiger partial charge in [0, 0.05) is 13.1 Å². The van der Waals surface area contributed by atoms with Crippen LogP contribution in [0, 0.1) is 6.92 Å². The molecule has 1 aliphatic heterocycles. The molecule has 1 N–H and O–H groups in total. The summed E-state index contributed by atoms with van der Waals surface area (Å²) in [7, 11) is 1.31. The Morgan fingerprint density at radius 2 is 2.10 bits per heavy atom. The minimum atomic E-state index is -0.447. The first kappa shape index (κ1) is 14.4. The number of carbonyl (C=O) groups excluding carboxylic acids is 2. The molecule has 20 heavy (non-hydrogen) atoms. The second-order valence-electron chi connectivity index (χ2n) is 4.43. The number of hydrogen-bond acceptors (Lipinski definition) is 5. The molecule has 0 saturated carbocycles. The van der Waals surface area contributed by atoms with E-state index in [-0.39, 0.29) is 12.6 Å². The van der Waals surface area contributed by atoms with Crippen LogP contribution in [0.1, 0.15) is 21.9 Å². The Bertz CT molecular complexity index is 491. The molecule has 2 amide bonds. The maximum absolute atomic E-state index is 11.9. The third kappa shape index (κ3) is 3.30. The largest absolute Gasteiger partial charge is 0.465 e. The van der Waals surface area contributed by atoms with Crippen molar-refractivity contribution in [2.75, 3.05) is 33.4 Å². The molecule has 0 radical (unpaired) electrons. The lowest BCUT2D eigenvalue weighted by Crippen LogP contribution is -2.45. The van der Waals surface area contributed by atoms with E-state index in [1.165, 1.54) is 7.11 Å². The maximum atomic E-state index is 11.9. The molecule has 0 atom stereocenters. The van der Waals surface area contributed by atoms with Crippen molar-refractivity contribution in [1.29, 1.82) is 0 Å². The zero-order valence-electron chi connectivity index (χ0n) is 11.6. The molecule has 1 fully saturated rings. The van der Waals surface area contributed by atoms with Crippen LogP contribution in [0.3, 0.4) is 0 Å². The van der Waals surface area contributed by atoms with Crippen molar-refractivity contribution in [3.63, 3.8) is 0 Å². The third-order valence-electron chi connectivity index (χ3n) is 3.09. The summed E-state index contributed by atoms with van der Waals surface area (Å²) in [5.41, 5.74) is 0.378. The molecule has 0 aliphatic carbocycles. The highest BCUT2D eigenvalue weighted by molar-refractivity contribution is 5.90. The van der Waals surface area contributed by atoms with Gasteiger partial charge in [0.15, 0.2) is 0 Å². The number of methoxy groups -OCH3 is 1. The van der Waals surface area contributed by atoms with E-state index in [0.29, 0.717) is 43.4 Å². The van der Waals surface area contributed by atoms with Crippen LogP contribution in [-0.4, -0.2) is 50.3 Å². The summed E-state index contributed by atoms with van der Waals surface area (Å²) in [6, 6.07) is 1.42. The summed E-state index contributed by atoms with van der Waals surface area (Å²) < 4.78 is 15.2. The predicted molar refractivity (Wildman–Crippen MR) is 69.4 cm³/mol. The molecule has 110 valence electrons. The summed E-state index contributed by atoms with van der Waals surface area (Å²) in [4.78, 5) is 25.0. The lowest BCUT2D eigenvalue weighted by Gasteiger charge is -2.26. The number of nitrogens with one attached hydrogen (secondary N) is 1. The molecular weight excluding hydrogens is 264 g/mol. The van der Waals surface area contributed by atoms with E-state index in [4.69, 9.17) is 9.15 Å². The van der Waals surface area contributed by atoms with Crippen LogP contribution >= 0.6 is 0 Å². The first-order valence-corrected chi connectivity index (χ1v) is 6.40. The third-order valence-corrected chi connectivity index (χ3v) is 3.09. The van der Waals surface area contributed by atoms with Crippen molar-refractivity contribution in [2.24, 2.45) is 0 Å². The van der Waals surface area contributed by atoms with Gasteiger partial charge in [-0.1, -0.05) is 0 Å². The van der Waals surface area contributed by atoms with E-state index in [0.717, 1.165) is 0 Å². The Morgan fingerprint density at radius 3 is 2.75 bits per heavy atom. The molecule has 2 heterocycles. The molecular formula is C13H18N2O5. The van der Waals surface area contributed by atoms with Crippen LogP contribution in [0.2, 0.25) is 0 Å². The molecule has 0 spiro atoms. The van der Waals surface area contributed by atoms with Gasteiger partial charge in [-0.25, -0.2) is 9.59 Å². The Hall–Kier alpha value is -2.02. The second-order valence-corrected chi connectivity index (χ2v) is 4.43. The first-order valence-electron chi connectivity index (χ1n) is 6.40. The number of rotatable bonds is 3. The van der Waals surface area contributed by atoms with Crippen LogP contribution in [0.4, 0.5) is 4.79 Å². The number of carbonyl (C=O) groups is 2. The first-order chi connectivity index (χ1) is 9.61. The topological polar surface area (TPSA) is 81.0 Å². The van der Waals surface area contributed by atoms with Gasteiger partial charge in [0.2, 0.25) is 0 Å². The minimum Gasteiger partial charge on any atom is -0.465 e. The van der Waals surface area contributed by atoms with Gasteiger partial charge in [0.25, 0.3) is 0 Å². The Labute approximate surface area is 116 Å². The summed E-state index contributed by atoms with van der Waals surface area (Å²) >= 11 is 0. The van der Waals surface area contributed by atoms with Gasteiger partial charge in [-0.3, -0.25) is 0 Å². The van der Waals surface area contributed by atoms with E-state index in [1.54, 1.807) is 17.9 Å². The van der Waals surface area contributed by atoms with Gasteiger partial charge >= 0.3 is 12.0 Å². The highest BCUT2D eigenvalue weighted by atomic mass is 16.5.